The average molecular weight is 279 g/mol. The van der Waals surface area contributed by atoms with E-state index in [2.05, 4.69) is 20.5 Å². The molecule has 6 heteroatoms. The van der Waals surface area contributed by atoms with Gasteiger partial charge in [-0.3, -0.25) is 9.89 Å². The van der Waals surface area contributed by atoms with Gasteiger partial charge in [-0.15, -0.1) is 0 Å². The second kappa shape index (κ2) is 5.46. The number of nitrogens with one attached hydrogen (secondary N) is 2. The molecule has 3 aromatic rings. The molecule has 0 aliphatic rings. The number of hydrogen-bond acceptors (Lipinski definition) is 4. The molecule has 0 fully saturated rings. The maximum Gasteiger partial charge on any atom is 0.276 e. The van der Waals surface area contributed by atoms with Crippen LogP contribution in [0, 0.1) is 0 Å². The fraction of sp³-hybridized carbons (Fsp3) is 0. The first-order valence-electron chi connectivity index (χ1n) is 6.36. The summed E-state index contributed by atoms with van der Waals surface area (Å²) in [5.74, 6) is -0.338. The fourth-order valence-corrected chi connectivity index (χ4v) is 1.98. The highest BCUT2D eigenvalue weighted by Gasteiger charge is 2.11. The Morgan fingerprint density at radius 3 is 2.81 bits per heavy atom. The van der Waals surface area contributed by atoms with Crippen molar-refractivity contribution in [3.8, 4) is 11.3 Å². The van der Waals surface area contributed by atoms with Gasteiger partial charge in [-0.2, -0.15) is 5.10 Å². The predicted molar refractivity (Wildman–Crippen MR) is 80.6 cm³/mol. The minimum absolute atomic E-state index is 0.212. The molecule has 0 saturated heterocycles. The van der Waals surface area contributed by atoms with Crippen LogP contribution in [0.2, 0.25) is 0 Å². The highest BCUT2D eigenvalue weighted by Crippen LogP contribution is 2.21. The van der Waals surface area contributed by atoms with E-state index in [-0.39, 0.29) is 11.6 Å². The summed E-state index contributed by atoms with van der Waals surface area (Å²) in [6.45, 7) is 0. The fourth-order valence-electron chi connectivity index (χ4n) is 1.98. The Morgan fingerprint density at radius 2 is 2.05 bits per heavy atom. The molecule has 104 valence electrons. The van der Waals surface area contributed by atoms with E-state index >= 15 is 0 Å². The lowest BCUT2D eigenvalue weighted by Crippen LogP contribution is -2.15. The summed E-state index contributed by atoms with van der Waals surface area (Å²) in [6, 6.07) is 12.6. The Hall–Kier alpha value is -3.15. The summed E-state index contributed by atoms with van der Waals surface area (Å²) in [7, 11) is 0. The van der Waals surface area contributed by atoms with Crippen LogP contribution in [0.15, 0.2) is 54.9 Å². The second-order valence-corrected chi connectivity index (χ2v) is 4.45. The Labute approximate surface area is 121 Å². The third kappa shape index (κ3) is 2.74. The van der Waals surface area contributed by atoms with Gasteiger partial charge < -0.3 is 11.1 Å². The number of benzene rings is 1. The van der Waals surface area contributed by atoms with Crippen molar-refractivity contribution in [1.82, 2.24) is 15.2 Å². The lowest BCUT2D eigenvalue weighted by Gasteiger charge is -2.07. The first-order valence-corrected chi connectivity index (χ1v) is 6.36. The van der Waals surface area contributed by atoms with Crippen LogP contribution in [0.4, 0.5) is 11.4 Å². The molecule has 0 unspecified atom stereocenters. The van der Waals surface area contributed by atoms with Crippen molar-refractivity contribution in [2.45, 2.75) is 0 Å². The van der Waals surface area contributed by atoms with Gasteiger partial charge in [-0.1, -0.05) is 12.1 Å². The minimum atomic E-state index is -0.338. The number of carbonyl (C=O) groups excluding carboxylic acids is 1. The molecule has 4 N–H and O–H groups in total. The van der Waals surface area contributed by atoms with Gasteiger partial charge in [0.15, 0.2) is 5.69 Å². The maximum atomic E-state index is 12.2. The number of amides is 1. The quantitative estimate of drug-likeness (QED) is 0.685. The Morgan fingerprint density at radius 1 is 1.14 bits per heavy atom. The molecule has 6 nitrogen and oxygen atoms in total. The summed E-state index contributed by atoms with van der Waals surface area (Å²) in [5.41, 5.74) is 8.78. The number of H-pyrrole nitrogens is 1. The number of nitrogens with two attached hydrogens (primary N) is 1. The van der Waals surface area contributed by atoms with Crippen molar-refractivity contribution in [3.05, 3.63) is 60.6 Å². The Balaban J connectivity index is 1.84. The molecular weight excluding hydrogens is 266 g/mol. The maximum absolute atomic E-state index is 12.2. The van der Waals surface area contributed by atoms with E-state index in [1.54, 1.807) is 24.4 Å². The van der Waals surface area contributed by atoms with Crippen molar-refractivity contribution in [3.63, 3.8) is 0 Å². The number of anilines is 2. The van der Waals surface area contributed by atoms with E-state index in [1.165, 1.54) is 6.20 Å². The minimum Gasteiger partial charge on any atom is -0.397 e. The first kappa shape index (κ1) is 12.9. The smallest absolute Gasteiger partial charge is 0.276 e. The van der Waals surface area contributed by atoms with Gasteiger partial charge in [0.05, 0.1) is 11.4 Å². The number of carbonyl (C=O) groups is 1. The van der Waals surface area contributed by atoms with E-state index in [1.807, 2.05) is 24.3 Å². The van der Waals surface area contributed by atoms with Crippen molar-refractivity contribution in [1.29, 1.82) is 0 Å². The highest BCUT2D eigenvalue weighted by molar-refractivity contribution is 6.06. The topological polar surface area (TPSA) is 96.7 Å². The first-order chi connectivity index (χ1) is 10.2. The zero-order valence-corrected chi connectivity index (χ0v) is 11.1. The molecule has 0 atom stereocenters. The van der Waals surface area contributed by atoms with Crippen molar-refractivity contribution in [2.75, 3.05) is 11.1 Å². The lowest BCUT2D eigenvalue weighted by atomic mass is 10.1. The van der Waals surface area contributed by atoms with Crippen LogP contribution in [0.1, 0.15) is 10.5 Å². The van der Waals surface area contributed by atoms with Gasteiger partial charge in [-0.25, -0.2) is 4.98 Å². The molecule has 0 spiro atoms. The molecule has 1 amide bonds. The number of nitrogens with zero attached hydrogens (tertiary/aromatic N) is 2. The normalized spacial score (nSPS) is 10.3. The Bertz CT molecular complexity index is 767. The molecule has 2 aromatic heterocycles. The summed E-state index contributed by atoms with van der Waals surface area (Å²) in [4.78, 5) is 16.2. The summed E-state index contributed by atoms with van der Waals surface area (Å²) >= 11 is 0. The third-order valence-corrected chi connectivity index (χ3v) is 2.99. The number of rotatable bonds is 3. The van der Waals surface area contributed by atoms with E-state index in [9.17, 15) is 4.79 Å². The monoisotopic (exact) mass is 279 g/mol. The average Bonchev–Trinajstić information content (AvgIpc) is 3.02. The van der Waals surface area contributed by atoms with Crippen LogP contribution in [-0.2, 0) is 0 Å². The second-order valence-electron chi connectivity index (χ2n) is 4.45. The number of aromatic nitrogens is 3. The van der Waals surface area contributed by atoms with E-state index in [4.69, 9.17) is 5.73 Å². The number of aromatic amines is 1. The molecule has 0 aliphatic carbocycles. The standard InChI is InChI=1S/C15H13N5O/c16-12-5-2-7-17-14(12)15(21)19-11-4-1-3-10(9-11)13-6-8-18-20-13/h1-9H,16H2,(H,18,20)(H,19,21). The van der Waals surface area contributed by atoms with Gasteiger partial charge >= 0.3 is 0 Å². The molecule has 0 aliphatic heterocycles. The zero-order chi connectivity index (χ0) is 14.7. The van der Waals surface area contributed by atoms with Gasteiger partial charge in [0, 0.05) is 23.6 Å². The third-order valence-electron chi connectivity index (χ3n) is 2.99. The summed E-state index contributed by atoms with van der Waals surface area (Å²) in [5, 5.41) is 9.57. The van der Waals surface area contributed by atoms with E-state index < -0.39 is 0 Å². The highest BCUT2D eigenvalue weighted by atomic mass is 16.1. The van der Waals surface area contributed by atoms with E-state index in [0.717, 1.165) is 11.3 Å². The molecular formula is C15H13N5O. The number of nitrogen functional groups attached to an aromatic ring is 1. The van der Waals surface area contributed by atoms with Crippen LogP contribution in [0.3, 0.4) is 0 Å². The van der Waals surface area contributed by atoms with Gasteiger partial charge in [-0.05, 0) is 30.3 Å². The molecule has 2 heterocycles. The summed E-state index contributed by atoms with van der Waals surface area (Å²) in [6.07, 6.45) is 3.21. The molecule has 0 radical (unpaired) electrons. The molecule has 1 aromatic carbocycles. The lowest BCUT2D eigenvalue weighted by molar-refractivity contribution is 0.102. The zero-order valence-electron chi connectivity index (χ0n) is 11.1. The number of pyridine rings is 1. The van der Waals surface area contributed by atoms with Gasteiger partial charge in [0.25, 0.3) is 5.91 Å². The van der Waals surface area contributed by atoms with E-state index in [0.29, 0.717) is 11.4 Å². The number of hydrogen-bond donors (Lipinski definition) is 3. The largest absolute Gasteiger partial charge is 0.397 e. The van der Waals surface area contributed by atoms with Crippen LogP contribution >= 0.6 is 0 Å². The summed E-state index contributed by atoms with van der Waals surface area (Å²) < 4.78 is 0. The van der Waals surface area contributed by atoms with Gasteiger partial charge in [0.1, 0.15) is 0 Å². The molecule has 21 heavy (non-hydrogen) atoms. The van der Waals surface area contributed by atoms with Crippen LogP contribution in [0.5, 0.6) is 0 Å². The molecule has 0 saturated carbocycles. The van der Waals surface area contributed by atoms with Crippen LogP contribution in [-0.4, -0.2) is 21.1 Å². The van der Waals surface area contributed by atoms with Crippen LogP contribution < -0.4 is 11.1 Å². The SMILES string of the molecule is Nc1cccnc1C(=O)Nc1cccc(-c2ccn[nH]2)c1. The van der Waals surface area contributed by atoms with Gasteiger partial charge in [0.2, 0.25) is 0 Å². The van der Waals surface area contributed by atoms with Crippen molar-refractivity contribution in [2.24, 2.45) is 0 Å². The molecule has 3 rings (SSSR count). The van der Waals surface area contributed by atoms with Crippen LogP contribution in [0.25, 0.3) is 11.3 Å². The molecule has 0 bridgehead atoms. The Kier molecular flexibility index (Phi) is 3.34. The van der Waals surface area contributed by atoms with Crippen molar-refractivity contribution < 1.29 is 4.79 Å². The van der Waals surface area contributed by atoms with Crippen molar-refractivity contribution >= 4 is 17.3 Å². The predicted octanol–water partition coefficient (Wildman–Crippen LogP) is 2.31.